The van der Waals surface area contributed by atoms with Crippen LogP contribution in [0.5, 0.6) is 0 Å². The fourth-order valence-electron chi connectivity index (χ4n) is 4.17. The molecule has 0 saturated heterocycles. The largest absolute Gasteiger partial charge is 0.393 e. The minimum Gasteiger partial charge on any atom is -0.393 e. The Morgan fingerprint density at radius 2 is 1.59 bits per heavy atom. The molecule has 0 amide bonds. The van der Waals surface area contributed by atoms with E-state index in [1.807, 2.05) is 13.8 Å². The maximum Gasteiger partial charge on any atom is 0.152 e. The van der Waals surface area contributed by atoms with E-state index in [9.17, 15) is 15.0 Å². The highest BCUT2D eigenvalue weighted by molar-refractivity contribution is 5.86. The zero-order valence-corrected chi connectivity index (χ0v) is 14.1. The van der Waals surface area contributed by atoms with Crippen LogP contribution in [-0.4, -0.2) is 40.3 Å². The van der Waals surface area contributed by atoms with Crippen molar-refractivity contribution in [2.24, 2.45) is 11.8 Å². The van der Waals surface area contributed by atoms with Gasteiger partial charge in [-0.3, -0.25) is 4.79 Å². The number of carbonyl (C=O) groups excluding carboxylic acids is 1. The molecule has 2 fully saturated rings. The highest BCUT2D eigenvalue weighted by Crippen LogP contribution is 2.29. The Bertz CT molecular complexity index is 346. The third-order valence-electron chi connectivity index (χ3n) is 5.68. The summed E-state index contributed by atoms with van der Waals surface area (Å²) in [5, 5.41) is 23.4. The third-order valence-corrected chi connectivity index (χ3v) is 5.68. The lowest BCUT2D eigenvalue weighted by Gasteiger charge is -2.34. The molecule has 0 aromatic carbocycles. The van der Waals surface area contributed by atoms with E-state index in [0.29, 0.717) is 5.78 Å². The second-order valence-corrected chi connectivity index (χ2v) is 7.47. The number of hydrogen-bond donors (Lipinski definition) is 3. The number of ketones is 1. The average molecular weight is 311 g/mol. The summed E-state index contributed by atoms with van der Waals surface area (Å²) in [6.07, 6.45) is 8.35. The van der Waals surface area contributed by atoms with E-state index < -0.39 is 6.10 Å². The van der Waals surface area contributed by atoms with Crippen LogP contribution in [-0.2, 0) is 4.79 Å². The second-order valence-electron chi connectivity index (χ2n) is 7.47. The normalized spacial score (nSPS) is 31.5. The summed E-state index contributed by atoms with van der Waals surface area (Å²) >= 11 is 0. The molecule has 3 N–H and O–H groups in total. The summed E-state index contributed by atoms with van der Waals surface area (Å²) in [5.74, 6) is 0.770. The van der Waals surface area contributed by atoms with Crippen LogP contribution in [0.3, 0.4) is 0 Å². The Hall–Kier alpha value is -0.450. The number of Topliss-reactive ketones (excluding diaryl/α,β-unsaturated/α-hetero) is 1. The average Bonchev–Trinajstić information content (AvgIpc) is 2.54. The first kappa shape index (κ1) is 17.9. The lowest BCUT2D eigenvalue weighted by molar-refractivity contribution is -0.126. The first-order valence-electron chi connectivity index (χ1n) is 9.15. The van der Waals surface area contributed by atoms with Crippen LogP contribution < -0.4 is 5.32 Å². The minimum absolute atomic E-state index is 0.0808. The smallest absolute Gasteiger partial charge is 0.152 e. The van der Waals surface area contributed by atoms with Crippen LogP contribution in [0.2, 0.25) is 0 Å². The van der Waals surface area contributed by atoms with Crippen molar-refractivity contribution in [1.29, 1.82) is 0 Å². The molecule has 2 rings (SSSR count). The van der Waals surface area contributed by atoms with Crippen LogP contribution in [0, 0.1) is 11.8 Å². The molecule has 4 heteroatoms. The summed E-state index contributed by atoms with van der Waals surface area (Å²) in [5.41, 5.74) is 0. The van der Waals surface area contributed by atoms with Gasteiger partial charge in [-0.05, 0) is 58.3 Å². The zero-order valence-electron chi connectivity index (χ0n) is 14.1. The highest BCUT2D eigenvalue weighted by atomic mass is 16.3. The highest BCUT2D eigenvalue weighted by Gasteiger charge is 2.31. The summed E-state index contributed by atoms with van der Waals surface area (Å²) in [6.45, 7) is 3.91. The third kappa shape index (κ3) is 4.77. The first-order chi connectivity index (χ1) is 10.5. The van der Waals surface area contributed by atoms with Crippen molar-refractivity contribution in [1.82, 2.24) is 5.32 Å². The maximum atomic E-state index is 12.5. The van der Waals surface area contributed by atoms with Crippen LogP contribution in [0.1, 0.15) is 71.6 Å². The SMILES string of the molecule is C[C@@H](N[C@H](C)[C@@H](O)C1CCC(O)CC1)C(=O)C1CCCCC1. The molecule has 2 aliphatic rings. The van der Waals surface area contributed by atoms with Gasteiger partial charge in [-0.25, -0.2) is 0 Å². The van der Waals surface area contributed by atoms with Gasteiger partial charge in [0, 0.05) is 12.0 Å². The summed E-state index contributed by atoms with van der Waals surface area (Å²) in [6, 6.07) is -0.260. The molecule has 128 valence electrons. The summed E-state index contributed by atoms with van der Waals surface area (Å²) in [7, 11) is 0. The molecular weight excluding hydrogens is 278 g/mol. The van der Waals surface area contributed by atoms with E-state index in [1.165, 1.54) is 19.3 Å². The standard InChI is InChI=1S/C18H33NO3/c1-12(17(21)14-6-4-3-5-7-14)19-13(2)18(22)15-8-10-16(20)11-9-15/h12-16,18-20,22H,3-11H2,1-2H3/t12-,13-,15?,16?,18-/m1/s1. The van der Waals surface area contributed by atoms with Crippen LogP contribution >= 0.6 is 0 Å². The minimum atomic E-state index is -0.436. The van der Waals surface area contributed by atoms with Gasteiger partial charge >= 0.3 is 0 Å². The molecule has 0 heterocycles. The van der Waals surface area contributed by atoms with E-state index in [4.69, 9.17) is 0 Å². The number of carbonyl (C=O) groups is 1. The molecule has 0 radical (unpaired) electrons. The summed E-state index contributed by atoms with van der Waals surface area (Å²) < 4.78 is 0. The van der Waals surface area contributed by atoms with Crippen molar-refractivity contribution in [3.63, 3.8) is 0 Å². The topological polar surface area (TPSA) is 69.6 Å². The number of rotatable bonds is 6. The molecule has 0 aromatic heterocycles. The van der Waals surface area contributed by atoms with Gasteiger partial charge in [-0.15, -0.1) is 0 Å². The molecule has 22 heavy (non-hydrogen) atoms. The summed E-state index contributed by atoms with van der Waals surface area (Å²) in [4.78, 5) is 12.5. The van der Waals surface area contributed by atoms with Crippen molar-refractivity contribution in [3.8, 4) is 0 Å². The van der Waals surface area contributed by atoms with Gasteiger partial charge in [0.1, 0.15) is 0 Å². The fraction of sp³-hybridized carbons (Fsp3) is 0.944. The van der Waals surface area contributed by atoms with E-state index in [2.05, 4.69) is 5.32 Å². The fourth-order valence-corrected chi connectivity index (χ4v) is 4.17. The number of aliphatic hydroxyl groups is 2. The van der Waals surface area contributed by atoms with Crippen molar-refractivity contribution in [2.45, 2.75) is 95.9 Å². The van der Waals surface area contributed by atoms with Crippen molar-refractivity contribution >= 4 is 5.78 Å². The predicted molar refractivity (Wildman–Crippen MR) is 87.6 cm³/mol. The van der Waals surface area contributed by atoms with Crippen molar-refractivity contribution in [3.05, 3.63) is 0 Å². The first-order valence-corrected chi connectivity index (χ1v) is 9.15. The number of hydrogen-bond acceptors (Lipinski definition) is 4. The van der Waals surface area contributed by atoms with Crippen molar-refractivity contribution in [2.75, 3.05) is 0 Å². The maximum absolute atomic E-state index is 12.5. The number of aliphatic hydroxyl groups excluding tert-OH is 2. The Labute approximate surface area is 134 Å². The van der Waals surface area contributed by atoms with Crippen LogP contribution in [0.4, 0.5) is 0 Å². The number of nitrogens with one attached hydrogen (secondary N) is 1. The van der Waals surface area contributed by atoms with E-state index in [1.54, 1.807) is 0 Å². The zero-order chi connectivity index (χ0) is 16.1. The molecule has 0 bridgehead atoms. The Morgan fingerprint density at radius 3 is 2.18 bits per heavy atom. The van der Waals surface area contributed by atoms with Gasteiger partial charge in [0.25, 0.3) is 0 Å². The Morgan fingerprint density at radius 1 is 1.00 bits per heavy atom. The van der Waals surface area contributed by atoms with E-state index in [-0.39, 0.29) is 30.0 Å². The van der Waals surface area contributed by atoms with Crippen LogP contribution in [0.15, 0.2) is 0 Å². The molecule has 4 nitrogen and oxygen atoms in total. The van der Waals surface area contributed by atoms with Crippen molar-refractivity contribution < 1.29 is 15.0 Å². The van der Waals surface area contributed by atoms with Gasteiger partial charge in [-0.1, -0.05) is 19.3 Å². The van der Waals surface area contributed by atoms with Gasteiger partial charge in [0.2, 0.25) is 0 Å². The van der Waals surface area contributed by atoms with Gasteiger partial charge in [0.15, 0.2) is 5.78 Å². The molecule has 2 saturated carbocycles. The van der Waals surface area contributed by atoms with E-state index >= 15 is 0 Å². The van der Waals surface area contributed by atoms with Gasteiger partial charge in [0.05, 0.1) is 18.2 Å². The predicted octanol–water partition coefficient (Wildman–Crippen LogP) is 2.41. The molecule has 0 aliphatic heterocycles. The molecule has 0 aromatic rings. The van der Waals surface area contributed by atoms with E-state index in [0.717, 1.165) is 38.5 Å². The quantitative estimate of drug-likeness (QED) is 0.704. The molecule has 0 spiro atoms. The molecule has 2 aliphatic carbocycles. The monoisotopic (exact) mass is 311 g/mol. The lowest BCUT2D eigenvalue weighted by atomic mass is 9.81. The molecule has 0 unspecified atom stereocenters. The second kappa shape index (κ2) is 8.42. The molecular formula is C18H33NO3. The van der Waals surface area contributed by atoms with Gasteiger partial charge < -0.3 is 15.5 Å². The lowest BCUT2D eigenvalue weighted by Crippen LogP contribution is -2.50. The van der Waals surface area contributed by atoms with Crippen LogP contribution in [0.25, 0.3) is 0 Å². The molecule has 3 atom stereocenters. The Kier molecular flexibility index (Phi) is 6.85. The van der Waals surface area contributed by atoms with Gasteiger partial charge in [-0.2, -0.15) is 0 Å². The Balaban J connectivity index is 1.79.